The summed E-state index contributed by atoms with van der Waals surface area (Å²) in [6.45, 7) is 16.2. The lowest BCUT2D eigenvalue weighted by Crippen LogP contribution is -2.47. The third-order valence-corrected chi connectivity index (χ3v) is 5.17. The Hall–Kier alpha value is -0.900. The van der Waals surface area contributed by atoms with Crippen LogP contribution in [0, 0.1) is 0 Å². The maximum atomic E-state index is 4.66. The lowest BCUT2D eigenvalue weighted by Gasteiger charge is -2.30. The van der Waals surface area contributed by atoms with E-state index >= 15 is 0 Å². The molecule has 1 aliphatic heterocycles. The van der Waals surface area contributed by atoms with Crippen molar-refractivity contribution in [2.75, 3.05) is 20.1 Å². The normalized spacial score (nSPS) is 17.2. The minimum atomic E-state index is 0. The van der Waals surface area contributed by atoms with Gasteiger partial charge in [-0.1, -0.05) is 13.8 Å². The highest BCUT2D eigenvalue weighted by Crippen LogP contribution is 2.16. The van der Waals surface area contributed by atoms with Crippen molar-refractivity contribution in [2.24, 2.45) is 4.99 Å². The first-order chi connectivity index (χ1) is 12.8. The molecule has 0 spiro atoms. The van der Waals surface area contributed by atoms with Gasteiger partial charge in [0.2, 0.25) is 0 Å². The molecule has 1 unspecified atom stereocenters. The maximum absolute atomic E-state index is 4.66. The number of nitrogens with zero attached hydrogens (tertiary/aromatic N) is 5. The molecule has 0 radical (unpaired) electrons. The van der Waals surface area contributed by atoms with Crippen LogP contribution < -0.4 is 10.6 Å². The summed E-state index contributed by atoms with van der Waals surface area (Å²) in [5, 5.41) is 11.7. The average Bonchev–Trinajstić information content (AvgIpc) is 3.03. The van der Waals surface area contributed by atoms with E-state index in [0.717, 1.165) is 56.5 Å². The fourth-order valence-electron chi connectivity index (χ4n) is 3.66. The first-order valence-corrected chi connectivity index (χ1v) is 10.5. The Bertz CT molecular complexity index is 602. The molecule has 0 aromatic carbocycles. The van der Waals surface area contributed by atoms with Crippen LogP contribution in [0.2, 0.25) is 0 Å². The van der Waals surface area contributed by atoms with Crippen LogP contribution in [-0.4, -0.2) is 63.9 Å². The Balaban J connectivity index is 0.00000392. The van der Waals surface area contributed by atoms with Gasteiger partial charge in [0, 0.05) is 50.6 Å². The fraction of sp³-hybridized carbons (Fsp3) is 0.850. The van der Waals surface area contributed by atoms with Crippen molar-refractivity contribution in [2.45, 2.75) is 91.4 Å². The van der Waals surface area contributed by atoms with Gasteiger partial charge in [0.15, 0.2) is 11.8 Å². The van der Waals surface area contributed by atoms with Gasteiger partial charge in [0.05, 0.1) is 6.54 Å². The lowest BCUT2D eigenvalue weighted by atomic mass is 10.1. The van der Waals surface area contributed by atoms with Crippen molar-refractivity contribution in [3.05, 3.63) is 11.6 Å². The highest BCUT2D eigenvalue weighted by Gasteiger charge is 2.23. The second-order valence-electron chi connectivity index (χ2n) is 8.38. The molecule has 0 fully saturated rings. The minimum absolute atomic E-state index is 0. The fourth-order valence-corrected chi connectivity index (χ4v) is 3.66. The van der Waals surface area contributed by atoms with Gasteiger partial charge >= 0.3 is 0 Å². The Kier molecular flexibility index (Phi) is 10.7. The number of guanidine groups is 1. The lowest BCUT2D eigenvalue weighted by molar-refractivity contribution is 0.173. The van der Waals surface area contributed by atoms with Crippen molar-refractivity contribution in [3.63, 3.8) is 0 Å². The standard InChI is InChI=1S/C20H39N7.HI/c1-14(2)19-24-18-10-9-17(13-27(18)25-19)23-20(21-7)22-11-8-12-26(15(3)4)16(5)6;/h14-17H,8-13H2,1-7H3,(H2,21,22,23);1H. The van der Waals surface area contributed by atoms with E-state index in [1.807, 2.05) is 7.05 Å². The number of halogens is 1. The molecule has 0 amide bonds. The number of fused-ring (bicyclic) bond motifs is 1. The van der Waals surface area contributed by atoms with Crippen LogP contribution in [0.15, 0.2) is 4.99 Å². The molecule has 0 saturated heterocycles. The number of rotatable bonds is 8. The van der Waals surface area contributed by atoms with E-state index in [1.165, 1.54) is 0 Å². The smallest absolute Gasteiger partial charge is 0.191 e. The van der Waals surface area contributed by atoms with E-state index in [0.29, 0.717) is 24.0 Å². The quantitative estimate of drug-likeness (QED) is 0.246. The van der Waals surface area contributed by atoms with E-state index < -0.39 is 0 Å². The van der Waals surface area contributed by atoms with Crippen molar-refractivity contribution in [1.29, 1.82) is 0 Å². The number of aliphatic imine (C=N–C) groups is 1. The second-order valence-corrected chi connectivity index (χ2v) is 8.38. The molecule has 2 N–H and O–H groups in total. The molecular weight excluding hydrogens is 465 g/mol. The Morgan fingerprint density at radius 2 is 1.89 bits per heavy atom. The van der Waals surface area contributed by atoms with Crippen molar-refractivity contribution >= 4 is 29.9 Å². The number of hydrogen-bond donors (Lipinski definition) is 2. The predicted molar refractivity (Wildman–Crippen MR) is 128 cm³/mol. The van der Waals surface area contributed by atoms with Crippen LogP contribution in [0.5, 0.6) is 0 Å². The van der Waals surface area contributed by atoms with E-state index in [4.69, 9.17) is 0 Å². The van der Waals surface area contributed by atoms with E-state index in [9.17, 15) is 0 Å². The van der Waals surface area contributed by atoms with E-state index in [2.05, 4.69) is 76.8 Å². The zero-order valence-electron chi connectivity index (χ0n) is 18.7. The summed E-state index contributed by atoms with van der Waals surface area (Å²) in [4.78, 5) is 11.6. The zero-order chi connectivity index (χ0) is 20.0. The maximum Gasteiger partial charge on any atom is 0.191 e. The number of aromatic nitrogens is 3. The third-order valence-electron chi connectivity index (χ3n) is 5.17. The highest BCUT2D eigenvalue weighted by molar-refractivity contribution is 14.0. The monoisotopic (exact) mass is 505 g/mol. The summed E-state index contributed by atoms with van der Waals surface area (Å²) in [6.07, 6.45) is 3.13. The Morgan fingerprint density at radius 1 is 1.21 bits per heavy atom. The molecule has 28 heavy (non-hydrogen) atoms. The van der Waals surface area contributed by atoms with Gasteiger partial charge in [-0.3, -0.25) is 9.89 Å². The second kappa shape index (κ2) is 11.9. The molecule has 1 aromatic heterocycles. The average molecular weight is 505 g/mol. The van der Waals surface area contributed by atoms with E-state index in [-0.39, 0.29) is 24.0 Å². The molecular formula is C20H40IN7. The van der Waals surface area contributed by atoms with Gasteiger partial charge in [-0.2, -0.15) is 5.10 Å². The molecule has 2 rings (SSSR count). The zero-order valence-corrected chi connectivity index (χ0v) is 21.0. The number of hydrogen-bond acceptors (Lipinski definition) is 4. The summed E-state index contributed by atoms with van der Waals surface area (Å²) in [5.41, 5.74) is 0. The van der Waals surface area contributed by atoms with Gasteiger partial charge in [-0.05, 0) is 40.5 Å². The number of nitrogens with one attached hydrogen (secondary N) is 2. The summed E-state index contributed by atoms with van der Waals surface area (Å²) >= 11 is 0. The summed E-state index contributed by atoms with van der Waals surface area (Å²) in [5.74, 6) is 3.32. The largest absolute Gasteiger partial charge is 0.356 e. The van der Waals surface area contributed by atoms with Gasteiger partial charge in [-0.15, -0.1) is 24.0 Å². The SMILES string of the molecule is CN=C(NCCCN(C(C)C)C(C)C)NC1CCc2nc(C(C)C)nn2C1.I. The molecule has 1 aromatic rings. The van der Waals surface area contributed by atoms with Crippen LogP contribution in [0.3, 0.4) is 0 Å². The minimum Gasteiger partial charge on any atom is -0.356 e. The molecule has 7 nitrogen and oxygen atoms in total. The van der Waals surface area contributed by atoms with Crippen molar-refractivity contribution in [1.82, 2.24) is 30.3 Å². The Labute approximate surface area is 188 Å². The van der Waals surface area contributed by atoms with Crippen LogP contribution in [0.1, 0.15) is 72.0 Å². The highest BCUT2D eigenvalue weighted by atomic mass is 127. The topological polar surface area (TPSA) is 70.4 Å². The van der Waals surface area contributed by atoms with Crippen LogP contribution in [0.4, 0.5) is 0 Å². The third kappa shape index (κ3) is 7.17. The first-order valence-electron chi connectivity index (χ1n) is 10.5. The van der Waals surface area contributed by atoms with Crippen LogP contribution >= 0.6 is 24.0 Å². The summed E-state index contributed by atoms with van der Waals surface area (Å²) in [6, 6.07) is 1.50. The van der Waals surface area contributed by atoms with E-state index in [1.54, 1.807) is 0 Å². The van der Waals surface area contributed by atoms with Crippen molar-refractivity contribution < 1.29 is 0 Å². The molecule has 0 saturated carbocycles. The molecule has 1 aliphatic rings. The van der Waals surface area contributed by atoms with Gasteiger partial charge < -0.3 is 10.6 Å². The molecule has 2 heterocycles. The Morgan fingerprint density at radius 3 is 2.46 bits per heavy atom. The van der Waals surface area contributed by atoms with Gasteiger partial charge in [-0.25, -0.2) is 9.67 Å². The molecule has 1 atom stereocenters. The van der Waals surface area contributed by atoms with Crippen LogP contribution in [0.25, 0.3) is 0 Å². The molecule has 0 bridgehead atoms. The summed E-state index contributed by atoms with van der Waals surface area (Å²) in [7, 11) is 1.84. The molecule has 0 aliphatic carbocycles. The number of aryl methyl sites for hydroxylation is 1. The first kappa shape index (κ1) is 25.1. The van der Waals surface area contributed by atoms with Gasteiger partial charge in [0.1, 0.15) is 5.82 Å². The molecule has 162 valence electrons. The summed E-state index contributed by atoms with van der Waals surface area (Å²) < 4.78 is 2.06. The van der Waals surface area contributed by atoms with Crippen LogP contribution in [-0.2, 0) is 13.0 Å². The van der Waals surface area contributed by atoms with Crippen molar-refractivity contribution in [3.8, 4) is 0 Å². The van der Waals surface area contributed by atoms with Gasteiger partial charge in [0.25, 0.3) is 0 Å². The molecule has 8 heteroatoms. The predicted octanol–water partition coefficient (Wildman–Crippen LogP) is 3.01.